The predicted molar refractivity (Wildman–Crippen MR) is 216 cm³/mol. The van der Waals surface area contributed by atoms with E-state index >= 15 is 0 Å². The Morgan fingerprint density at radius 2 is 0.458 bits per heavy atom. The summed E-state index contributed by atoms with van der Waals surface area (Å²) >= 11 is 0. The molecule has 0 amide bonds. The first-order valence-corrected chi connectivity index (χ1v) is 23.0. The topological polar surface area (TPSA) is 26.3 Å². The van der Waals surface area contributed by atoms with Crippen molar-refractivity contribution in [3.05, 3.63) is 0 Å². The first-order chi connectivity index (χ1) is 23.8. The van der Waals surface area contributed by atoms with Gasteiger partial charge in [-0.3, -0.25) is 4.79 Å². The SMILES string of the molecule is CCCCCCCCCCCCCCCCCCCCCCCCCCCCCCCCC(=O)OCCCCCCCCCCCCC. The number of carbonyl (C=O) groups excluding carboxylic acids is 1. The maximum absolute atomic E-state index is 12.0. The minimum atomic E-state index is 0.0299. The highest BCUT2D eigenvalue weighted by molar-refractivity contribution is 5.69. The fraction of sp³-hybridized carbons (Fsp3) is 0.978. The van der Waals surface area contributed by atoms with Gasteiger partial charge in [-0.15, -0.1) is 0 Å². The van der Waals surface area contributed by atoms with Crippen molar-refractivity contribution < 1.29 is 9.53 Å². The molecule has 0 bridgehead atoms. The van der Waals surface area contributed by atoms with Crippen molar-refractivity contribution in [2.75, 3.05) is 6.61 Å². The van der Waals surface area contributed by atoms with E-state index in [0.717, 1.165) is 12.8 Å². The van der Waals surface area contributed by atoms with E-state index in [-0.39, 0.29) is 5.97 Å². The molecule has 0 N–H and O–H groups in total. The molecule has 0 atom stereocenters. The molecular weight excluding hydrogens is 585 g/mol. The maximum atomic E-state index is 12.0. The molecule has 0 saturated carbocycles. The summed E-state index contributed by atoms with van der Waals surface area (Å²) in [5.41, 5.74) is 0. The third-order valence-electron chi connectivity index (χ3n) is 10.7. The number of rotatable bonds is 43. The van der Waals surface area contributed by atoms with Crippen LogP contribution in [-0.2, 0) is 9.53 Å². The predicted octanol–water partition coefficient (Wildman–Crippen LogP) is 17.0. The highest BCUT2D eigenvalue weighted by Crippen LogP contribution is 2.17. The first-order valence-electron chi connectivity index (χ1n) is 23.0. The summed E-state index contributed by atoms with van der Waals surface area (Å²) in [7, 11) is 0. The second-order valence-electron chi connectivity index (χ2n) is 15.8. The van der Waals surface area contributed by atoms with Gasteiger partial charge >= 0.3 is 5.97 Å². The van der Waals surface area contributed by atoms with E-state index in [9.17, 15) is 4.79 Å². The van der Waals surface area contributed by atoms with E-state index in [4.69, 9.17) is 4.74 Å². The summed E-state index contributed by atoms with van der Waals surface area (Å²) in [6.07, 6.45) is 58.0. The highest BCUT2D eigenvalue weighted by Gasteiger charge is 2.03. The Morgan fingerprint density at radius 3 is 0.688 bits per heavy atom. The molecule has 0 rings (SSSR count). The lowest BCUT2D eigenvalue weighted by molar-refractivity contribution is -0.143. The molecule has 0 aromatic heterocycles. The van der Waals surface area contributed by atoms with E-state index in [2.05, 4.69) is 13.8 Å². The van der Waals surface area contributed by atoms with Gasteiger partial charge in [0.25, 0.3) is 0 Å². The van der Waals surface area contributed by atoms with E-state index in [1.807, 2.05) is 0 Å². The van der Waals surface area contributed by atoms with Gasteiger partial charge in [0.15, 0.2) is 0 Å². The van der Waals surface area contributed by atoms with Gasteiger partial charge in [0.2, 0.25) is 0 Å². The minimum Gasteiger partial charge on any atom is -0.466 e. The van der Waals surface area contributed by atoms with Crippen LogP contribution in [0.5, 0.6) is 0 Å². The Kier molecular flexibility index (Phi) is 44.0. The smallest absolute Gasteiger partial charge is 0.305 e. The van der Waals surface area contributed by atoms with Gasteiger partial charge in [-0.2, -0.15) is 0 Å². The number of ether oxygens (including phenoxy) is 1. The van der Waals surface area contributed by atoms with Gasteiger partial charge in [0.05, 0.1) is 6.61 Å². The van der Waals surface area contributed by atoms with Crippen molar-refractivity contribution in [1.29, 1.82) is 0 Å². The van der Waals surface area contributed by atoms with Crippen molar-refractivity contribution >= 4 is 5.97 Å². The monoisotopic (exact) mass is 677 g/mol. The molecule has 2 heteroatoms. The number of esters is 1. The normalized spacial score (nSPS) is 11.5. The van der Waals surface area contributed by atoms with Crippen LogP contribution in [0.3, 0.4) is 0 Å². The third kappa shape index (κ3) is 43.5. The van der Waals surface area contributed by atoms with E-state index in [1.165, 1.54) is 250 Å². The zero-order valence-electron chi connectivity index (χ0n) is 33.7. The molecule has 0 aliphatic rings. The molecule has 2 nitrogen and oxygen atoms in total. The molecule has 0 unspecified atom stereocenters. The Morgan fingerprint density at radius 1 is 0.271 bits per heavy atom. The molecule has 0 fully saturated rings. The maximum Gasteiger partial charge on any atom is 0.305 e. The molecule has 0 aliphatic carbocycles. The fourth-order valence-corrected chi connectivity index (χ4v) is 7.32. The summed E-state index contributed by atoms with van der Waals surface area (Å²) in [6.45, 7) is 5.22. The lowest BCUT2D eigenvalue weighted by Gasteiger charge is -2.06. The van der Waals surface area contributed by atoms with Crippen LogP contribution >= 0.6 is 0 Å². The van der Waals surface area contributed by atoms with Crippen LogP contribution in [0.1, 0.15) is 284 Å². The van der Waals surface area contributed by atoms with Crippen LogP contribution in [-0.4, -0.2) is 12.6 Å². The molecule has 0 spiro atoms. The zero-order chi connectivity index (χ0) is 34.7. The van der Waals surface area contributed by atoms with Gasteiger partial charge in [0.1, 0.15) is 0 Å². The second kappa shape index (κ2) is 44.5. The summed E-state index contributed by atoms with van der Waals surface area (Å²) in [4.78, 5) is 12.0. The van der Waals surface area contributed by atoms with Gasteiger partial charge < -0.3 is 4.74 Å². The zero-order valence-corrected chi connectivity index (χ0v) is 33.7. The summed E-state index contributed by atoms with van der Waals surface area (Å²) in [6, 6.07) is 0. The Bertz CT molecular complexity index is 572. The van der Waals surface area contributed by atoms with Crippen molar-refractivity contribution in [2.24, 2.45) is 0 Å². The number of hydrogen-bond donors (Lipinski definition) is 0. The summed E-state index contributed by atoms with van der Waals surface area (Å²) in [5, 5.41) is 0. The molecule has 0 heterocycles. The third-order valence-corrected chi connectivity index (χ3v) is 10.7. The Labute approximate surface area is 304 Å². The van der Waals surface area contributed by atoms with Gasteiger partial charge in [-0.25, -0.2) is 0 Å². The molecule has 0 aromatic rings. The minimum absolute atomic E-state index is 0.0299. The Balaban J connectivity index is 3.12. The lowest BCUT2D eigenvalue weighted by atomic mass is 10.0. The van der Waals surface area contributed by atoms with E-state index in [0.29, 0.717) is 13.0 Å². The largest absolute Gasteiger partial charge is 0.466 e. The molecule has 0 radical (unpaired) electrons. The average Bonchev–Trinajstić information content (AvgIpc) is 3.09. The summed E-state index contributed by atoms with van der Waals surface area (Å²) in [5.74, 6) is 0.0299. The average molecular weight is 677 g/mol. The fourth-order valence-electron chi connectivity index (χ4n) is 7.32. The molecule has 0 saturated heterocycles. The second-order valence-corrected chi connectivity index (χ2v) is 15.8. The van der Waals surface area contributed by atoms with Gasteiger partial charge in [-0.1, -0.05) is 264 Å². The van der Waals surface area contributed by atoms with Gasteiger partial charge in [0, 0.05) is 6.42 Å². The van der Waals surface area contributed by atoms with Crippen LogP contribution in [0.4, 0.5) is 0 Å². The number of unbranched alkanes of at least 4 members (excludes halogenated alkanes) is 39. The van der Waals surface area contributed by atoms with Crippen LogP contribution in [0.2, 0.25) is 0 Å². The number of carbonyl (C=O) groups is 1. The summed E-state index contributed by atoms with van der Waals surface area (Å²) < 4.78 is 5.45. The lowest BCUT2D eigenvalue weighted by Crippen LogP contribution is -2.05. The van der Waals surface area contributed by atoms with Crippen LogP contribution < -0.4 is 0 Å². The quantitative estimate of drug-likeness (QED) is 0.0474. The van der Waals surface area contributed by atoms with E-state index < -0.39 is 0 Å². The molecule has 48 heavy (non-hydrogen) atoms. The van der Waals surface area contributed by atoms with E-state index in [1.54, 1.807) is 0 Å². The molecule has 288 valence electrons. The molecular formula is C46H92O2. The molecule has 0 aromatic carbocycles. The van der Waals surface area contributed by atoms with Crippen molar-refractivity contribution in [3.63, 3.8) is 0 Å². The molecule has 0 aliphatic heterocycles. The first kappa shape index (κ1) is 47.5. The van der Waals surface area contributed by atoms with Crippen molar-refractivity contribution in [3.8, 4) is 0 Å². The van der Waals surface area contributed by atoms with Crippen molar-refractivity contribution in [1.82, 2.24) is 0 Å². The van der Waals surface area contributed by atoms with Crippen LogP contribution in [0, 0.1) is 0 Å². The van der Waals surface area contributed by atoms with Crippen LogP contribution in [0.15, 0.2) is 0 Å². The number of hydrogen-bond acceptors (Lipinski definition) is 2. The Hall–Kier alpha value is -0.530. The highest BCUT2D eigenvalue weighted by atomic mass is 16.5. The van der Waals surface area contributed by atoms with Crippen LogP contribution in [0.25, 0.3) is 0 Å². The van der Waals surface area contributed by atoms with Gasteiger partial charge in [-0.05, 0) is 12.8 Å². The standard InChI is InChI=1S/C46H92O2/c1-3-5-7-9-11-13-15-16-17-18-19-20-21-22-23-24-25-26-27-28-29-30-31-32-33-34-36-38-40-42-44-46(47)48-45-43-41-39-37-35-14-12-10-8-6-4-2/h3-45H2,1-2H3. The van der Waals surface area contributed by atoms with Crippen molar-refractivity contribution in [2.45, 2.75) is 284 Å².